The van der Waals surface area contributed by atoms with Gasteiger partial charge in [-0.05, 0) is 0 Å². The number of aryl methyl sites for hydroxylation is 1. The van der Waals surface area contributed by atoms with Crippen LogP contribution < -0.4 is 32.5 Å². The molecule has 0 spiro atoms. The number of alkyl halides is 1. The summed E-state index contributed by atoms with van der Waals surface area (Å²) < 4.78 is 124. The maximum absolute atomic E-state index is 15.3. The Balaban J connectivity index is 0.868. The Kier molecular flexibility index (Phi) is 15.3. The van der Waals surface area contributed by atoms with E-state index in [-0.39, 0.29) is 51.2 Å². The van der Waals surface area contributed by atoms with Crippen LogP contribution in [-0.2, 0) is 71.0 Å². The molecule has 0 saturated carbocycles. The Morgan fingerprint density at radius 1 is 0.737 bits per heavy atom. The van der Waals surface area contributed by atoms with Crippen molar-refractivity contribution < 1.29 is 108 Å². The number of nitrogens with one attached hydrogen (secondary N) is 3. The van der Waals surface area contributed by atoms with Gasteiger partial charge in [-0.15, -0.1) is 0 Å². The van der Waals surface area contributed by atoms with Gasteiger partial charge >= 0.3 is 36.9 Å². The molecule has 43 heteroatoms. The molecule has 38 nitrogen and oxygen atoms in total. The first kappa shape index (κ1) is 55.6. The molecule has 9 heterocycles. The number of phosphoric acid groups is 4. The molecule has 0 aromatic carbocycles. The topological polar surface area (TPSA) is 528 Å². The third kappa shape index (κ3) is 11.0. The zero-order valence-corrected chi connectivity index (χ0v) is 42.4. The van der Waals surface area contributed by atoms with E-state index >= 15 is 4.39 Å². The lowest BCUT2D eigenvalue weighted by atomic mass is 10.1. The number of methoxy groups -OCH3 is 1. The van der Waals surface area contributed by atoms with Crippen molar-refractivity contribution in [3.63, 3.8) is 0 Å². The van der Waals surface area contributed by atoms with E-state index in [1.165, 1.54) is 35.9 Å². The number of ether oxygens (including phenoxy) is 4. The number of halogens is 1. The Hall–Kier alpha value is -5.18. The second-order valence-electron chi connectivity index (χ2n) is 16.6. The molecule has 0 radical (unpaired) electrons. The van der Waals surface area contributed by atoms with Gasteiger partial charge in [-0.1, -0.05) is 4.98 Å². The highest BCUT2D eigenvalue weighted by Gasteiger charge is 2.54. The SMILES string of the molecule is CNc1ncnc2c1ncn2[C@@H]1O[C@H](COP(=O)(O)OP(=O)(O)OP(=O)(O)OC[C@H]2O[C@@H]([n+]3cn(C)c4c(=O)[nH]c(N)nc43)C(O)[C@H]2F)C(OP(=O)(O)OC[C@H]2O[C@@H](n3cnc4c(=O)[nH]c(N)nc43)[C@@H](O)C2O)[C@@H]1OC. The lowest BCUT2D eigenvalue weighted by Gasteiger charge is -2.26. The Morgan fingerprint density at radius 3 is 2.00 bits per heavy atom. The van der Waals surface area contributed by atoms with E-state index in [4.69, 9.17) is 44.0 Å². The molecule has 3 fully saturated rings. The lowest BCUT2D eigenvalue weighted by Crippen LogP contribution is -2.45. The molecule has 0 bridgehead atoms. The Morgan fingerprint density at radius 2 is 1.33 bits per heavy atom. The third-order valence-corrected chi connectivity index (χ3v) is 17.0. The second kappa shape index (κ2) is 20.9. The minimum Gasteiger partial charge on any atom is -0.387 e. The molecule has 3 aliphatic rings. The van der Waals surface area contributed by atoms with Crippen molar-refractivity contribution in [2.24, 2.45) is 7.05 Å². The zero-order chi connectivity index (χ0) is 55.0. The normalized spacial score (nSPS) is 30.2. The summed E-state index contributed by atoms with van der Waals surface area (Å²) in [5.41, 5.74) is 9.55. The third-order valence-electron chi connectivity index (χ3n) is 11.7. The molecule has 6 aromatic heterocycles. The lowest BCUT2D eigenvalue weighted by molar-refractivity contribution is -0.745. The van der Waals surface area contributed by atoms with Gasteiger partial charge < -0.3 is 70.6 Å². The van der Waals surface area contributed by atoms with Crippen molar-refractivity contribution in [2.45, 2.75) is 73.7 Å². The number of imidazole rings is 3. The molecule has 9 rings (SSSR count). The molecule has 0 amide bonds. The number of aliphatic hydroxyl groups excluding tert-OH is 3. The minimum absolute atomic E-state index is 0.0627. The Labute approximate surface area is 420 Å². The highest BCUT2D eigenvalue weighted by atomic mass is 31.3. The van der Waals surface area contributed by atoms with Crippen molar-refractivity contribution in [1.82, 2.24) is 53.6 Å². The second-order valence-corrected chi connectivity index (χ2v) is 22.7. The Bertz CT molecular complexity index is 3490. The first-order chi connectivity index (χ1) is 35.7. The summed E-state index contributed by atoms with van der Waals surface area (Å²) in [5.74, 6) is -0.413. The average Bonchev–Trinajstić information content (AvgIpc) is 4.19. The van der Waals surface area contributed by atoms with E-state index in [1.54, 1.807) is 0 Å². The van der Waals surface area contributed by atoms with Crippen molar-refractivity contribution in [1.29, 1.82) is 0 Å². The number of hydrogen-bond donors (Lipinski definition) is 12. The number of nitrogens with zero attached hydrogens (tertiary/aromatic N) is 10. The van der Waals surface area contributed by atoms with Gasteiger partial charge in [0, 0.05) is 14.2 Å². The van der Waals surface area contributed by atoms with E-state index < -0.39 is 136 Å². The number of aromatic amines is 2. The van der Waals surface area contributed by atoms with Crippen LogP contribution in [0.5, 0.6) is 0 Å². The van der Waals surface area contributed by atoms with E-state index in [0.717, 1.165) is 28.9 Å². The van der Waals surface area contributed by atoms with Gasteiger partial charge in [0.05, 0.1) is 39.5 Å². The first-order valence-electron chi connectivity index (χ1n) is 21.6. The summed E-state index contributed by atoms with van der Waals surface area (Å²) in [5, 5.41) is 35.2. The van der Waals surface area contributed by atoms with E-state index in [9.17, 15) is 62.7 Å². The number of nitrogens with two attached hydrogens (primary N) is 2. The molecule has 76 heavy (non-hydrogen) atoms. The number of aromatic nitrogens is 12. The van der Waals surface area contributed by atoms with Crippen LogP contribution in [0.3, 0.4) is 0 Å². The predicted octanol–water partition coefficient (Wildman–Crippen LogP) is -3.27. The fraction of sp³-hybridized carbons (Fsp3) is 0.545. The smallest absolute Gasteiger partial charge is 0.387 e. The number of hydrogen-bond acceptors (Lipinski definition) is 28. The number of anilines is 3. The highest BCUT2D eigenvalue weighted by molar-refractivity contribution is 7.66. The van der Waals surface area contributed by atoms with Gasteiger partial charge in [0.15, 0.2) is 47.6 Å². The van der Waals surface area contributed by atoms with Crippen LogP contribution in [-0.4, -0.2) is 177 Å². The van der Waals surface area contributed by atoms with Crippen molar-refractivity contribution in [3.05, 3.63) is 46.0 Å². The molecule has 16 atom stereocenters. The molecule has 7 unspecified atom stereocenters. The van der Waals surface area contributed by atoms with Crippen LogP contribution in [0.25, 0.3) is 33.5 Å². The summed E-state index contributed by atoms with van der Waals surface area (Å²) in [6, 6.07) is 0. The van der Waals surface area contributed by atoms with Crippen LogP contribution in [0.2, 0.25) is 0 Å². The van der Waals surface area contributed by atoms with E-state index in [2.05, 4.69) is 58.3 Å². The van der Waals surface area contributed by atoms with Gasteiger partial charge in [0.2, 0.25) is 17.7 Å². The fourth-order valence-corrected chi connectivity index (χ4v) is 12.9. The predicted molar refractivity (Wildman–Crippen MR) is 243 cm³/mol. The summed E-state index contributed by atoms with van der Waals surface area (Å²) in [6.07, 6.45) is -16.7. The summed E-state index contributed by atoms with van der Waals surface area (Å²) >= 11 is 0. The molecule has 3 saturated heterocycles. The van der Waals surface area contributed by atoms with Crippen molar-refractivity contribution in [3.8, 4) is 0 Å². The number of H-pyrrole nitrogens is 2. The maximum atomic E-state index is 15.3. The number of fused-ring (bicyclic) bond motifs is 3. The summed E-state index contributed by atoms with van der Waals surface area (Å²) in [6.45, 7) is -3.52. The number of nitrogen functional groups attached to an aromatic ring is 2. The van der Waals surface area contributed by atoms with Crippen molar-refractivity contribution >= 4 is 82.5 Å². The zero-order valence-electron chi connectivity index (χ0n) is 38.8. The fourth-order valence-electron chi connectivity index (χ4n) is 8.43. The average molecular weight is 1160 g/mol. The van der Waals surface area contributed by atoms with Crippen molar-refractivity contribution in [2.75, 3.05) is 50.8 Å². The molecule has 416 valence electrons. The molecule has 14 N–H and O–H groups in total. The quantitative estimate of drug-likeness (QED) is 0.0263. The van der Waals surface area contributed by atoms with Crippen LogP contribution in [0.1, 0.15) is 18.7 Å². The highest BCUT2D eigenvalue weighted by Crippen LogP contribution is 2.68. The van der Waals surface area contributed by atoms with Crippen LogP contribution in [0.4, 0.5) is 22.1 Å². The van der Waals surface area contributed by atoms with Gasteiger partial charge in [0.25, 0.3) is 17.1 Å². The largest absolute Gasteiger partial charge is 0.490 e. The standard InChI is InChI=1S/C33H44FN15O23P4/c1-37-23-15-24(39-7-38-23)47(8-40-15)31-22(63-3)21(70-73(55,56)64-5-12-18(50)20(52)30(68-12)48-9-41-16-25(48)42-32(35)44-27(16)53)13(69-31)6-66-75(59,60)72-76(61,62)71-74(57,58)65-4-11-14(34)19(51)29(67-11)49-10-46(2)17-26(49)43-33(36)45-28(17)54/h7-14,18-22,29-31,50-52H,4-6H2,1-3H3,(H10-,35,36,37,38,39,42,43,44,45,53,54,55,56,57,58,59,60,61,62)/p+1/t11-,12-,13-,14+,18?,19?,20+,21?,22+,29-,30-,31-/m1/s1. The molecule has 0 aliphatic carbocycles. The van der Waals surface area contributed by atoms with Crippen LogP contribution >= 0.6 is 31.3 Å². The van der Waals surface area contributed by atoms with Gasteiger partial charge in [0.1, 0.15) is 60.7 Å². The number of rotatable bonds is 20. The number of phosphoric ester groups is 3. The maximum Gasteiger partial charge on any atom is 0.490 e. The first-order valence-corrected chi connectivity index (χ1v) is 27.6. The molecular formula is C33H45FN15O23P4+. The summed E-state index contributed by atoms with van der Waals surface area (Å²) in [4.78, 5) is 96.0. The van der Waals surface area contributed by atoms with Crippen LogP contribution in [0, 0.1) is 0 Å². The van der Waals surface area contributed by atoms with Gasteiger partial charge in [-0.2, -0.15) is 13.6 Å². The van der Waals surface area contributed by atoms with Gasteiger partial charge in [-0.3, -0.25) is 51.4 Å². The molecule has 6 aromatic rings. The van der Waals surface area contributed by atoms with E-state index in [0.29, 0.717) is 0 Å². The minimum atomic E-state index is -6.23. The molecular weight excluding hydrogens is 1120 g/mol. The summed E-state index contributed by atoms with van der Waals surface area (Å²) in [7, 11) is -19.5. The van der Waals surface area contributed by atoms with Crippen LogP contribution in [0.15, 0.2) is 34.9 Å². The monoisotopic (exact) mass is 1160 g/mol. The van der Waals surface area contributed by atoms with E-state index in [1.807, 2.05) is 0 Å². The number of aliphatic hydroxyl groups is 3. The molecule has 3 aliphatic heterocycles. The van der Waals surface area contributed by atoms with Gasteiger partial charge in [-0.25, -0.2) is 47.2 Å².